The Bertz CT molecular complexity index is 990. The Balaban J connectivity index is 1.60. The molecule has 0 unspecified atom stereocenters. The molecular weight excluding hydrogens is 394 g/mol. The van der Waals surface area contributed by atoms with E-state index in [0.717, 1.165) is 11.1 Å². The highest BCUT2D eigenvalue weighted by atomic mass is 35.5. The van der Waals surface area contributed by atoms with Crippen LogP contribution in [0.15, 0.2) is 47.0 Å². The van der Waals surface area contributed by atoms with Crippen molar-refractivity contribution in [2.24, 2.45) is 0 Å². The van der Waals surface area contributed by atoms with E-state index in [1.807, 2.05) is 38.1 Å². The first-order chi connectivity index (χ1) is 14.0. The van der Waals surface area contributed by atoms with Crippen LogP contribution in [0, 0.1) is 6.92 Å². The molecule has 0 aliphatic rings. The van der Waals surface area contributed by atoms with Gasteiger partial charge >= 0.3 is 0 Å². The van der Waals surface area contributed by atoms with Crippen molar-refractivity contribution in [3.63, 3.8) is 0 Å². The zero-order chi connectivity index (χ0) is 20.8. The number of benzene rings is 2. The molecule has 1 N–H and O–H groups in total. The zero-order valence-electron chi connectivity index (χ0n) is 16.4. The van der Waals surface area contributed by atoms with E-state index in [4.69, 9.17) is 25.6 Å². The molecule has 1 heterocycles. The predicted octanol–water partition coefficient (Wildman–Crippen LogP) is 4.18. The zero-order valence-corrected chi connectivity index (χ0v) is 17.2. The number of methoxy groups -OCH3 is 1. The Kier molecular flexibility index (Phi) is 6.72. The summed E-state index contributed by atoms with van der Waals surface area (Å²) in [5.74, 6) is 1.75. The third-order valence-electron chi connectivity index (χ3n) is 4.28. The van der Waals surface area contributed by atoms with Gasteiger partial charge in [0.05, 0.1) is 13.7 Å². The van der Waals surface area contributed by atoms with Crippen LogP contribution in [0.25, 0.3) is 11.4 Å². The van der Waals surface area contributed by atoms with Gasteiger partial charge in [-0.3, -0.25) is 4.79 Å². The standard InChI is InChI=1S/C21H22ClN3O4/c1-4-18(28-16-8-9-17(22)13(2)10-16)21(26)23-12-19-24-20(25-29-19)14-6-5-7-15(11-14)27-3/h5-11,18H,4,12H2,1-3H3,(H,23,26)/t18-/m0/s1. The molecule has 0 saturated carbocycles. The predicted molar refractivity (Wildman–Crippen MR) is 109 cm³/mol. The molecule has 0 saturated heterocycles. The lowest BCUT2D eigenvalue weighted by Gasteiger charge is -2.17. The summed E-state index contributed by atoms with van der Waals surface area (Å²) < 4.78 is 16.2. The first-order valence-electron chi connectivity index (χ1n) is 9.17. The number of ether oxygens (including phenoxy) is 2. The van der Waals surface area contributed by atoms with Crippen molar-refractivity contribution in [2.45, 2.75) is 32.9 Å². The van der Waals surface area contributed by atoms with Crippen molar-refractivity contribution in [1.82, 2.24) is 15.5 Å². The number of rotatable bonds is 8. The van der Waals surface area contributed by atoms with Crippen LogP contribution in [0.2, 0.25) is 5.02 Å². The molecule has 1 amide bonds. The van der Waals surface area contributed by atoms with Crippen LogP contribution in [-0.2, 0) is 11.3 Å². The summed E-state index contributed by atoms with van der Waals surface area (Å²) in [6, 6.07) is 12.6. The van der Waals surface area contributed by atoms with Crippen LogP contribution in [0.3, 0.4) is 0 Å². The summed E-state index contributed by atoms with van der Waals surface area (Å²) in [5.41, 5.74) is 1.65. The van der Waals surface area contributed by atoms with Crippen LogP contribution < -0.4 is 14.8 Å². The highest BCUT2D eigenvalue weighted by Gasteiger charge is 2.19. The van der Waals surface area contributed by atoms with Crippen molar-refractivity contribution in [3.8, 4) is 22.9 Å². The maximum absolute atomic E-state index is 12.5. The normalized spacial score (nSPS) is 11.7. The molecule has 0 aliphatic heterocycles. The lowest BCUT2D eigenvalue weighted by molar-refractivity contribution is -0.128. The number of hydrogen-bond donors (Lipinski definition) is 1. The summed E-state index contributed by atoms with van der Waals surface area (Å²) in [6.45, 7) is 3.86. The molecular formula is C21H22ClN3O4. The lowest BCUT2D eigenvalue weighted by atomic mass is 10.2. The first kappa shape index (κ1) is 20.7. The number of halogens is 1. The van der Waals surface area contributed by atoms with Crippen molar-refractivity contribution in [3.05, 3.63) is 58.9 Å². The molecule has 1 aromatic heterocycles. The lowest BCUT2D eigenvalue weighted by Crippen LogP contribution is -2.37. The molecule has 0 fully saturated rings. The van der Waals surface area contributed by atoms with Gasteiger partial charge in [-0.15, -0.1) is 0 Å². The highest BCUT2D eigenvalue weighted by molar-refractivity contribution is 6.31. The van der Waals surface area contributed by atoms with Gasteiger partial charge in [0, 0.05) is 10.6 Å². The monoisotopic (exact) mass is 415 g/mol. The van der Waals surface area contributed by atoms with E-state index in [0.29, 0.717) is 34.7 Å². The average Bonchev–Trinajstić information content (AvgIpc) is 3.22. The second-order valence-electron chi connectivity index (χ2n) is 6.39. The molecule has 3 aromatic rings. The van der Waals surface area contributed by atoms with E-state index in [9.17, 15) is 4.79 Å². The molecule has 0 spiro atoms. The van der Waals surface area contributed by atoms with Crippen molar-refractivity contribution >= 4 is 17.5 Å². The Labute approximate surface area is 174 Å². The third kappa shape index (κ3) is 5.26. The molecule has 152 valence electrons. The van der Waals surface area contributed by atoms with E-state index < -0.39 is 6.10 Å². The first-order valence-corrected chi connectivity index (χ1v) is 9.55. The average molecular weight is 416 g/mol. The fourth-order valence-electron chi connectivity index (χ4n) is 2.66. The summed E-state index contributed by atoms with van der Waals surface area (Å²) >= 11 is 6.03. The Morgan fingerprint density at radius 3 is 2.79 bits per heavy atom. The second-order valence-corrected chi connectivity index (χ2v) is 6.79. The van der Waals surface area contributed by atoms with E-state index in [-0.39, 0.29) is 12.5 Å². The molecule has 0 bridgehead atoms. The van der Waals surface area contributed by atoms with Gasteiger partial charge < -0.3 is 19.3 Å². The summed E-state index contributed by atoms with van der Waals surface area (Å²) in [7, 11) is 1.59. The number of aromatic nitrogens is 2. The molecule has 2 aromatic carbocycles. The fraction of sp³-hybridized carbons (Fsp3) is 0.286. The number of carbonyl (C=O) groups excluding carboxylic acids is 1. The largest absolute Gasteiger partial charge is 0.497 e. The van der Waals surface area contributed by atoms with Gasteiger partial charge in [0.25, 0.3) is 5.91 Å². The fourth-order valence-corrected chi connectivity index (χ4v) is 2.78. The minimum atomic E-state index is -0.642. The number of carbonyl (C=O) groups is 1. The van der Waals surface area contributed by atoms with E-state index in [1.165, 1.54) is 0 Å². The second kappa shape index (κ2) is 9.43. The smallest absolute Gasteiger partial charge is 0.261 e. The topological polar surface area (TPSA) is 86.5 Å². The van der Waals surface area contributed by atoms with Gasteiger partial charge in [-0.05, 0) is 49.2 Å². The van der Waals surface area contributed by atoms with E-state index in [2.05, 4.69) is 15.5 Å². The van der Waals surface area contributed by atoms with Gasteiger partial charge in [0.1, 0.15) is 11.5 Å². The van der Waals surface area contributed by atoms with Crippen LogP contribution in [-0.4, -0.2) is 29.3 Å². The molecule has 1 atom stereocenters. The molecule has 0 aliphatic carbocycles. The number of hydrogen-bond acceptors (Lipinski definition) is 6. The van der Waals surface area contributed by atoms with Crippen LogP contribution >= 0.6 is 11.6 Å². The quantitative estimate of drug-likeness (QED) is 0.593. The maximum atomic E-state index is 12.5. The Hall–Kier alpha value is -3.06. The number of amides is 1. The minimum Gasteiger partial charge on any atom is -0.497 e. The highest BCUT2D eigenvalue weighted by Crippen LogP contribution is 2.23. The van der Waals surface area contributed by atoms with Crippen molar-refractivity contribution in [2.75, 3.05) is 7.11 Å². The number of aryl methyl sites for hydroxylation is 1. The summed E-state index contributed by atoms with van der Waals surface area (Å²) in [6.07, 6.45) is -0.136. The third-order valence-corrected chi connectivity index (χ3v) is 4.70. The molecule has 7 nitrogen and oxygen atoms in total. The number of nitrogens with zero attached hydrogens (tertiary/aromatic N) is 2. The van der Waals surface area contributed by atoms with Crippen LogP contribution in [0.5, 0.6) is 11.5 Å². The SMILES string of the molecule is CC[C@H](Oc1ccc(Cl)c(C)c1)C(=O)NCc1nc(-c2cccc(OC)c2)no1. The Morgan fingerprint density at radius 2 is 2.07 bits per heavy atom. The molecule has 0 radical (unpaired) electrons. The molecule has 3 rings (SSSR count). The van der Waals surface area contributed by atoms with Gasteiger partial charge in [0.2, 0.25) is 11.7 Å². The minimum absolute atomic E-state index is 0.106. The molecule has 29 heavy (non-hydrogen) atoms. The van der Waals surface area contributed by atoms with E-state index in [1.54, 1.807) is 25.3 Å². The van der Waals surface area contributed by atoms with Gasteiger partial charge in [-0.25, -0.2) is 0 Å². The van der Waals surface area contributed by atoms with Crippen LogP contribution in [0.4, 0.5) is 0 Å². The van der Waals surface area contributed by atoms with Crippen LogP contribution in [0.1, 0.15) is 24.8 Å². The van der Waals surface area contributed by atoms with E-state index >= 15 is 0 Å². The number of nitrogens with one attached hydrogen (secondary N) is 1. The van der Waals surface area contributed by atoms with Crippen molar-refractivity contribution < 1.29 is 18.8 Å². The van der Waals surface area contributed by atoms with Crippen molar-refractivity contribution in [1.29, 1.82) is 0 Å². The van der Waals surface area contributed by atoms with Gasteiger partial charge in [-0.2, -0.15) is 4.98 Å². The maximum Gasteiger partial charge on any atom is 0.261 e. The summed E-state index contributed by atoms with van der Waals surface area (Å²) in [4.78, 5) is 16.8. The molecule has 8 heteroatoms. The van der Waals surface area contributed by atoms with Gasteiger partial charge in [0.15, 0.2) is 6.10 Å². The Morgan fingerprint density at radius 1 is 1.24 bits per heavy atom. The summed E-state index contributed by atoms with van der Waals surface area (Å²) in [5, 5.41) is 7.38. The van der Waals surface area contributed by atoms with Gasteiger partial charge in [-0.1, -0.05) is 35.8 Å².